The third kappa shape index (κ3) is 2.05. The molecule has 1 saturated heterocycles. The lowest BCUT2D eigenvalue weighted by Gasteiger charge is -2.62. The number of carbonyl (C=O) groups excluding carboxylic acids is 1. The number of rotatable bonds is 3. The Labute approximate surface area is 170 Å². The predicted octanol–water partition coefficient (Wildman–Crippen LogP) is 2.62. The molecular weight excluding hydrogens is 366 g/mol. The molecule has 2 bridgehead atoms. The summed E-state index contributed by atoms with van der Waals surface area (Å²) in [6.45, 7) is 1.65. The van der Waals surface area contributed by atoms with Gasteiger partial charge in [0, 0.05) is 31.1 Å². The molecule has 0 amide bonds. The summed E-state index contributed by atoms with van der Waals surface area (Å²) in [5.41, 5.74) is 1.85. The molecule has 5 heteroatoms. The number of aliphatic hydroxyl groups is 1. The Morgan fingerprint density at radius 3 is 2.83 bits per heavy atom. The zero-order chi connectivity index (χ0) is 19.8. The van der Waals surface area contributed by atoms with Crippen LogP contribution >= 0.6 is 0 Å². The molecule has 2 aliphatic carbocycles. The Bertz CT molecular complexity index is 1010. The van der Waals surface area contributed by atoms with E-state index in [0.29, 0.717) is 24.3 Å². The SMILES string of the molecule is COc1ccc2c3c1O[C@H]1C(=O)CC[C@@]4(O)[C@@H](C2)N(Cc2ccccc2)CC[C@]314. The van der Waals surface area contributed by atoms with Crippen molar-refractivity contribution in [3.8, 4) is 11.5 Å². The summed E-state index contributed by atoms with van der Waals surface area (Å²) in [5, 5.41) is 12.2. The van der Waals surface area contributed by atoms with Crippen molar-refractivity contribution in [1.29, 1.82) is 0 Å². The van der Waals surface area contributed by atoms with Crippen LogP contribution in [0.2, 0.25) is 0 Å². The van der Waals surface area contributed by atoms with Crippen molar-refractivity contribution in [2.45, 2.75) is 55.4 Å². The Hall–Kier alpha value is -2.37. The van der Waals surface area contributed by atoms with Gasteiger partial charge in [-0.05, 0) is 36.5 Å². The van der Waals surface area contributed by atoms with Gasteiger partial charge >= 0.3 is 0 Å². The number of Topliss-reactive ketones (excluding diaryl/α,β-unsaturated/α-hetero) is 1. The zero-order valence-electron chi connectivity index (χ0n) is 16.6. The van der Waals surface area contributed by atoms with E-state index >= 15 is 0 Å². The van der Waals surface area contributed by atoms with Crippen LogP contribution in [0.25, 0.3) is 0 Å². The van der Waals surface area contributed by atoms with Crippen LogP contribution in [-0.2, 0) is 23.2 Å². The Morgan fingerprint density at radius 2 is 2.03 bits per heavy atom. The molecule has 2 heterocycles. The molecule has 2 aromatic carbocycles. The van der Waals surface area contributed by atoms with Gasteiger partial charge in [-0.25, -0.2) is 0 Å². The Balaban J connectivity index is 1.51. The fourth-order valence-electron chi connectivity index (χ4n) is 6.57. The smallest absolute Gasteiger partial charge is 0.174 e. The lowest BCUT2D eigenvalue weighted by Crippen LogP contribution is -2.76. The second-order valence-electron chi connectivity index (χ2n) is 8.92. The zero-order valence-corrected chi connectivity index (χ0v) is 16.6. The molecule has 29 heavy (non-hydrogen) atoms. The first-order valence-electron chi connectivity index (χ1n) is 10.5. The Kier molecular flexibility index (Phi) is 3.52. The number of hydrogen-bond acceptors (Lipinski definition) is 5. The number of carbonyl (C=O) groups is 1. The summed E-state index contributed by atoms with van der Waals surface area (Å²) < 4.78 is 11.8. The van der Waals surface area contributed by atoms with E-state index in [4.69, 9.17) is 9.47 Å². The molecule has 150 valence electrons. The molecule has 1 saturated carbocycles. The molecule has 4 atom stereocenters. The van der Waals surface area contributed by atoms with Gasteiger partial charge < -0.3 is 14.6 Å². The van der Waals surface area contributed by atoms with Crippen molar-refractivity contribution in [1.82, 2.24) is 4.90 Å². The lowest BCUT2D eigenvalue weighted by atomic mass is 9.49. The lowest BCUT2D eigenvalue weighted by molar-refractivity contribution is -0.189. The van der Waals surface area contributed by atoms with Gasteiger partial charge in [-0.15, -0.1) is 0 Å². The van der Waals surface area contributed by atoms with Crippen molar-refractivity contribution < 1.29 is 19.4 Å². The highest BCUT2D eigenvalue weighted by Gasteiger charge is 2.73. The van der Waals surface area contributed by atoms with Gasteiger partial charge in [-0.2, -0.15) is 0 Å². The topological polar surface area (TPSA) is 59.0 Å². The van der Waals surface area contributed by atoms with E-state index in [0.717, 1.165) is 31.5 Å². The molecule has 2 fully saturated rings. The van der Waals surface area contributed by atoms with Crippen LogP contribution in [0.5, 0.6) is 11.5 Å². The summed E-state index contributed by atoms with van der Waals surface area (Å²) in [6, 6.07) is 14.4. The minimum absolute atomic E-state index is 0.0255. The van der Waals surface area contributed by atoms with E-state index < -0.39 is 17.1 Å². The van der Waals surface area contributed by atoms with Gasteiger partial charge in [0.05, 0.1) is 18.1 Å². The predicted molar refractivity (Wildman–Crippen MR) is 107 cm³/mol. The Morgan fingerprint density at radius 1 is 1.21 bits per heavy atom. The third-order valence-corrected chi connectivity index (χ3v) is 7.80. The van der Waals surface area contributed by atoms with Crippen LogP contribution in [0.1, 0.15) is 36.0 Å². The highest BCUT2D eigenvalue weighted by Crippen LogP contribution is 2.64. The third-order valence-electron chi connectivity index (χ3n) is 7.80. The molecule has 6 rings (SSSR count). The van der Waals surface area contributed by atoms with Crippen LogP contribution in [-0.4, -0.2) is 47.2 Å². The van der Waals surface area contributed by atoms with E-state index in [1.54, 1.807) is 7.11 Å². The van der Waals surface area contributed by atoms with Crippen LogP contribution in [0.4, 0.5) is 0 Å². The second-order valence-corrected chi connectivity index (χ2v) is 8.92. The van der Waals surface area contributed by atoms with Gasteiger partial charge in [0.25, 0.3) is 0 Å². The highest BCUT2D eigenvalue weighted by molar-refractivity contribution is 5.90. The van der Waals surface area contributed by atoms with Crippen LogP contribution in [0.15, 0.2) is 42.5 Å². The van der Waals surface area contributed by atoms with Gasteiger partial charge in [0.1, 0.15) is 0 Å². The number of ketones is 1. The molecular formula is C24H25NO4. The maximum absolute atomic E-state index is 12.9. The summed E-state index contributed by atoms with van der Waals surface area (Å²) in [6.07, 6.45) is 1.74. The maximum atomic E-state index is 12.9. The average molecular weight is 391 g/mol. The number of hydrogen-bond donors (Lipinski definition) is 1. The standard InChI is InChI=1S/C24H25NO4/c1-28-18-8-7-16-13-19-24(27)10-9-17(26)22-23(24,20(16)21(18)29-22)11-12-25(19)14-15-5-3-2-4-6-15/h2-8,19,22,27H,9-14H2,1H3/t19-,22+,23+,24-/m1/s1. The van der Waals surface area contributed by atoms with E-state index in [9.17, 15) is 9.90 Å². The van der Waals surface area contributed by atoms with E-state index in [-0.39, 0.29) is 11.8 Å². The molecule has 1 spiro atoms. The quantitative estimate of drug-likeness (QED) is 0.872. The number of piperidine rings is 1. The monoisotopic (exact) mass is 391 g/mol. The van der Waals surface area contributed by atoms with Crippen LogP contribution in [0, 0.1) is 0 Å². The first-order valence-corrected chi connectivity index (χ1v) is 10.5. The summed E-state index contributed by atoms with van der Waals surface area (Å²) in [5.74, 6) is 1.45. The highest BCUT2D eigenvalue weighted by atomic mass is 16.5. The summed E-state index contributed by atoms with van der Waals surface area (Å²) in [4.78, 5) is 15.4. The molecule has 0 aromatic heterocycles. The van der Waals surface area contributed by atoms with Crippen molar-refractivity contribution in [3.05, 3.63) is 59.2 Å². The first-order chi connectivity index (χ1) is 14.1. The van der Waals surface area contributed by atoms with Crippen molar-refractivity contribution in [3.63, 3.8) is 0 Å². The minimum atomic E-state index is -0.969. The van der Waals surface area contributed by atoms with Gasteiger partial charge in [-0.3, -0.25) is 9.69 Å². The molecule has 4 aliphatic rings. The number of benzene rings is 2. The molecule has 0 radical (unpaired) electrons. The van der Waals surface area contributed by atoms with Crippen molar-refractivity contribution in [2.75, 3.05) is 13.7 Å². The van der Waals surface area contributed by atoms with E-state index in [1.807, 2.05) is 12.1 Å². The number of likely N-dealkylation sites (tertiary alicyclic amines) is 1. The fourth-order valence-corrected chi connectivity index (χ4v) is 6.57. The molecule has 2 aromatic rings. The second kappa shape index (κ2) is 5.83. The largest absolute Gasteiger partial charge is 0.493 e. The van der Waals surface area contributed by atoms with E-state index in [1.165, 1.54) is 11.1 Å². The van der Waals surface area contributed by atoms with Crippen LogP contribution in [0.3, 0.4) is 0 Å². The van der Waals surface area contributed by atoms with Gasteiger partial charge in [0.2, 0.25) is 0 Å². The molecule has 0 unspecified atom stereocenters. The maximum Gasteiger partial charge on any atom is 0.174 e. The first kappa shape index (κ1) is 17.5. The summed E-state index contributed by atoms with van der Waals surface area (Å²) in [7, 11) is 1.63. The molecule has 1 N–H and O–H groups in total. The van der Waals surface area contributed by atoms with Crippen LogP contribution < -0.4 is 9.47 Å². The number of methoxy groups -OCH3 is 1. The minimum Gasteiger partial charge on any atom is -0.493 e. The fraction of sp³-hybridized carbons (Fsp3) is 0.458. The number of ether oxygens (including phenoxy) is 2. The van der Waals surface area contributed by atoms with E-state index in [2.05, 4.69) is 35.2 Å². The van der Waals surface area contributed by atoms with Gasteiger partial charge in [0.15, 0.2) is 23.4 Å². The molecule has 2 aliphatic heterocycles. The van der Waals surface area contributed by atoms with Gasteiger partial charge in [-0.1, -0.05) is 36.4 Å². The average Bonchev–Trinajstić information content (AvgIpc) is 3.09. The number of nitrogens with zero attached hydrogens (tertiary/aromatic N) is 1. The van der Waals surface area contributed by atoms with Crippen molar-refractivity contribution in [2.24, 2.45) is 0 Å². The molecule has 5 nitrogen and oxygen atoms in total. The normalized spacial score (nSPS) is 34.5. The van der Waals surface area contributed by atoms with Crippen molar-refractivity contribution >= 4 is 5.78 Å². The summed E-state index contributed by atoms with van der Waals surface area (Å²) >= 11 is 0.